The number of anilines is 2. The molecule has 0 atom stereocenters. The molecule has 0 spiro atoms. The van der Waals surface area contributed by atoms with Gasteiger partial charge in [-0.05, 0) is 36.4 Å². The van der Waals surface area contributed by atoms with Crippen LogP contribution in [-0.4, -0.2) is 25.0 Å². The summed E-state index contributed by atoms with van der Waals surface area (Å²) in [7, 11) is 0. The normalized spacial score (nSPS) is 12.7. The number of fused-ring (bicyclic) bond motifs is 1. The molecule has 0 saturated carbocycles. The molecule has 1 N–H and O–H groups in total. The van der Waals surface area contributed by atoms with Gasteiger partial charge >= 0.3 is 0 Å². The first-order valence-corrected chi connectivity index (χ1v) is 8.84. The maximum absolute atomic E-state index is 12.6. The Bertz CT molecular complexity index is 1000. The number of nitrogens with one attached hydrogen (secondary N) is 1. The zero-order valence-electron chi connectivity index (χ0n) is 15.0. The number of hydrogen-bond donors (Lipinski definition) is 1. The van der Waals surface area contributed by atoms with Gasteiger partial charge in [-0.15, -0.1) is 0 Å². The highest BCUT2D eigenvalue weighted by molar-refractivity contribution is 6.10. The zero-order valence-corrected chi connectivity index (χ0v) is 15.0. The van der Waals surface area contributed by atoms with Crippen LogP contribution in [0.1, 0.15) is 0 Å². The quantitative estimate of drug-likeness (QED) is 0.737. The SMILES string of the molecule is O=C1CN(C(=O)COc2cccc(Oc3ccccc3)c2)c2ccccc2N1. The second-order valence-corrected chi connectivity index (χ2v) is 6.22. The second-order valence-electron chi connectivity index (χ2n) is 6.22. The molecule has 0 aliphatic carbocycles. The first-order chi connectivity index (χ1) is 13.7. The lowest BCUT2D eigenvalue weighted by atomic mass is 10.2. The summed E-state index contributed by atoms with van der Waals surface area (Å²) in [6.45, 7) is -0.216. The minimum atomic E-state index is -0.295. The number of rotatable bonds is 5. The minimum absolute atomic E-state index is 0.0314. The Balaban J connectivity index is 1.43. The summed E-state index contributed by atoms with van der Waals surface area (Å²) in [5.41, 5.74) is 1.28. The molecule has 6 nitrogen and oxygen atoms in total. The van der Waals surface area contributed by atoms with E-state index in [2.05, 4.69) is 5.32 Å². The lowest BCUT2D eigenvalue weighted by molar-refractivity contribution is -0.123. The lowest BCUT2D eigenvalue weighted by Crippen LogP contribution is -2.44. The first-order valence-electron chi connectivity index (χ1n) is 8.84. The molecular formula is C22H18N2O4. The number of hydrogen-bond acceptors (Lipinski definition) is 4. The fourth-order valence-electron chi connectivity index (χ4n) is 2.93. The predicted octanol–water partition coefficient (Wildman–Crippen LogP) is 3.84. The molecule has 4 rings (SSSR count). The van der Waals surface area contributed by atoms with Gasteiger partial charge in [0.1, 0.15) is 23.8 Å². The molecule has 28 heavy (non-hydrogen) atoms. The van der Waals surface area contributed by atoms with E-state index in [4.69, 9.17) is 9.47 Å². The van der Waals surface area contributed by atoms with Crippen molar-refractivity contribution >= 4 is 23.2 Å². The molecule has 140 valence electrons. The van der Waals surface area contributed by atoms with Crippen LogP contribution < -0.4 is 19.7 Å². The molecule has 6 heteroatoms. The van der Waals surface area contributed by atoms with Crippen LogP contribution in [-0.2, 0) is 9.59 Å². The van der Waals surface area contributed by atoms with Gasteiger partial charge in [-0.25, -0.2) is 0 Å². The Hall–Kier alpha value is -3.80. The Kier molecular flexibility index (Phi) is 4.93. The van der Waals surface area contributed by atoms with Gasteiger partial charge in [0.25, 0.3) is 5.91 Å². The molecule has 0 aromatic heterocycles. The molecule has 3 aromatic rings. The highest BCUT2D eigenvalue weighted by Crippen LogP contribution is 2.29. The number of amides is 2. The van der Waals surface area contributed by atoms with Gasteiger partial charge in [-0.3, -0.25) is 14.5 Å². The van der Waals surface area contributed by atoms with E-state index >= 15 is 0 Å². The molecule has 0 bridgehead atoms. The Morgan fingerprint density at radius 3 is 2.46 bits per heavy atom. The minimum Gasteiger partial charge on any atom is -0.484 e. The molecule has 0 saturated heterocycles. The number of carbonyl (C=O) groups excluding carboxylic acids is 2. The third-order valence-electron chi connectivity index (χ3n) is 4.22. The largest absolute Gasteiger partial charge is 0.484 e. The van der Waals surface area contributed by atoms with Crippen molar-refractivity contribution in [2.24, 2.45) is 0 Å². The summed E-state index contributed by atoms with van der Waals surface area (Å²) in [4.78, 5) is 25.9. The van der Waals surface area contributed by atoms with E-state index in [1.54, 1.807) is 30.3 Å². The van der Waals surface area contributed by atoms with Crippen LogP contribution >= 0.6 is 0 Å². The smallest absolute Gasteiger partial charge is 0.265 e. The van der Waals surface area contributed by atoms with Crippen molar-refractivity contribution in [2.75, 3.05) is 23.4 Å². The molecular weight excluding hydrogens is 356 g/mol. The maximum atomic E-state index is 12.6. The maximum Gasteiger partial charge on any atom is 0.265 e. The van der Waals surface area contributed by atoms with E-state index in [-0.39, 0.29) is 25.0 Å². The molecule has 0 fully saturated rings. The number of carbonyl (C=O) groups is 2. The fourth-order valence-corrected chi connectivity index (χ4v) is 2.93. The molecule has 2 amide bonds. The van der Waals surface area contributed by atoms with Gasteiger partial charge in [-0.1, -0.05) is 36.4 Å². The van der Waals surface area contributed by atoms with Crippen molar-refractivity contribution in [3.8, 4) is 17.2 Å². The van der Waals surface area contributed by atoms with Crippen LogP contribution in [0.15, 0.2) is 78.9 Å². The van der Waals surface area contributed by atoms with Crippen LogP contribution in [0.3, 0.4) is 0 Å². The highest BCUT2D eigenvalue weighted by atomic mass is 16.5. The van der Waals surface area contributed by atoms with Gasteiger partial charge in [-0.2, -0.15) is 0 Å². The topological polar surface area (TPSA) is 67.9 Å². The van der Waals surface area contributed by atoms with E-state index < -0.39 is 0 Å². The van der Waals surface area contributed by atoms with E-state index in [1.807, 2.05) is 48.5 Å². The van der Waals surface area contributed by atoms with Crippen molar-refractivity contribution in [2.45, 2.75) is 0 Å². The number of para-hydroxylation sites is 3. The summed E-state index contributed by atoms with van der Waals surface area (Å²) < 4.78 is 11.4. The van der Waals surface area contributed by atoms with Gasteiger partial charge in [0, 0.05) is 6.07 Å². The first kappa shape index (κ1) is 17.6. The number of benzene rings is 3. The molecule has 1 heterocycles. The average Bonchev–Trinajstić information content (AvgIpc) is 2.72. The Morgan fingerprint density at radius 2 is 1.61 bits per heavy atom. The Labute approximate surface area is 162 Å². The van der Waals surface area contributed by atoms with Gasteiger partial charge in [0.2, 0.25) is 5.91 Å². The van der Waals surface area contributed by atoms with Crippen molar-refractivity contribution in [1.82, 2.24) is 0 Å². The van der Waals surface area contributed by atoms with Crippen LogP contribution in [0.25, 0.3) is 0 Å². The van der Waals surface area contributed by atoms with Crippen LogP contribution in [0.2, 0.25) is 0 Å². The highest BCUT2D eigenvalue weighted by Gasteiger charge is 2.26. The molecule has 1 aliphatic heterocycles. The summed E-state index contributed by atoms with van der Waals surface area (Å²) in [6, 6.07) is 23.7. The van der Waals surface area contributed by atoms with E-state index in [9.17, 15) is 9.59 Å². The van der Waals surface area contributed by atoms with Crippen molar-refractivity contribution < 1.29 is 19.1 Å². The molecule has 3 aromatic carbocycles. The molecule has 0 unspecified atom stereocenters. The third kappa shape index (κ3) is 3.96. The Morgan fingerprint density at radius 1 is 0.893 bits per heavy atom. The summed E-state index contributed by atoms with van der Waals surface area (Å²) in [5.74, 6) is 1.31. The van der Waals surface area contributed by atoms with Crippen LogP contribution in [0, 0.1) is 0 Å². The summed E-state index contributed by atoms with van der Waals surface area (Å²) in [6.07, 6.45) is 0. The van der Waals surface area contributed by atoms with E-state index in [0.29, 0.717) is 28.6 Å². The van der Waals surface area contributed by atoms with E-state index in [1.165, 1.54) is 4.90 Å². The monoisotopic (exact) mass is 374 g/mol. The van der Waals surface area contributed by atoms with Gasteiger partial charge in [0.15, 0.2) is 6.61 Å². The van der Waals surface area contributed by atoms with Gasteiger partial charge < -0.3 is 14.8 Å². The summed E-state index contributed by atoms with van der Waals surface area (Å²) >= 11 is 0. The van der Waals surface area contributed by atoms with Crippen molar-refractivity contribution in [1.29, 1.82) is 0 Å². The predicted molar refractivity (Wildman–Crippen MR) is 106 cm³/mol. The van der Waals surface area contributed by atoms with E-state index in [0.717, 1.165) is 0 Å². The average molecular weight is 374 g/mol. The lowest BCUT2D eigenvalue weighted by Gasteiger charge is -2.29. The molecule has 0 radical (unpaired) electrons. The van der Waals surface area contributed by atoms with Crippen LogP contribution in [0.5, 0.6) is 17.2 Å². The van der Waals surface area contributed by atoms with Crippen molar-refractivity contribution in [3.05, 3.63) is 78.9 Å². The third-order valence-corrected chi connectivity index (χ3v) is 4.22. The number of nitrogens with zero attached hydrogens (tertiary/aromatic N) is 1. The van der Waals surface area contributed by atoms with Crippen molar-refractivity contribution in [3.63, 3.8) is 0 Å². The van der Waals surface area contributed by atoms with Gasteiger partial charge in [0.05, 0.1) is 11.4 Å². The summed E-state index contributed by atoms with van der Waals surface area (Å²) in [5, 5.41) is 2.76. The second kappa shape index (κ2) is 7.84. The van der Waals surface area contributed by atoms with Crippen LogP contribution in [0.4, 0.5) is 11.4 Å². The zero-order chi connectivity index (χ0) is 19.3. The fraction of sp³-hybridized carbons (Fsp3) is 0.0909. The standard InChI is InChI=1S/C22H18N2O4/c25-21-14-24(20-12-5-4-11-19(20)23-21)22(26)15-27-17-9-6-10-18(13-17)28-16-7-2-1-3-8-16/h1-13H,14-15H2,(H,23,25). The molecule has 1 aliphatic rings. The number of ether oxygens (including phenoxy) is 2.